The average molecular weight is 550 g/mol. The lowest BCUT2D eigenvalue weighted by Crippen LogP contribution is -2.58. The van der Waals surface area contributed by atoms with Crippen LogP contribution in [0.25, 0.3) is 0 Å². The molecule has 7 nitrogen and oxygen atoms in total. The second-order valence-electron chi connectivity index (χ2n) is 13.5. The first-order chi connectivity index (χ1) is 18.3. The summed E-state index contributed by atoms with van der Waals surface area (Å²) in [6, 6.07) is 0.543. The van der Waals surface area contributed by atoms with E-state index >= 15 is 0 Å². The molecule has 4 aliphatic carbocycles. The molecule has 0 bridgehead atoms. The summed E-state index contributed by atoms with van der Waals surface area (Å²) in [7, 11) is -0.773. The van der Waals surface area contributed by atoms with Crippen molar-refractivity contribution in [3.8, 4) is 0 Å². The smallest absolute Gasteiger partial charge is 0.226 e. The summed E-state index contributed by atoms with van der Waals surface area (Å²) in [6.07, 6.45) is 15.8. The molecule has 1 saturated heterocycles. The topological polar surface area (TPSA) is 86.8 Å². The Bertz CT molecular complexity index is 914. The highest BCUT2D eigenvalue weighted by Crippen LogP contribution is 2.37. The van der Waals surface area contributed by atoms with Gasteiger partial charge in [0.15, 0.2) is 9.84 Å². The lowest BCUT2D eigenvalue weighted by molar-refractivity contribution is -0.143. The zero-order valence-electron chi connectivity index (χ0n) is 23.6. The van der Waals surface area contributed by atoms with Crippen LogP contribution in [-0.4, -0.2) is 79.8 Å². The Labute approximate surface area is 230 Å². The zero-order chi connectivity index (χ0) is 26.7. The molecule has 5 aliphatic rings. The van der Waals surface area contributed by atoms with Crippen molar-refractivity contribution in [2.24, 2.45) is 23.7 Å². The molecule has 0 spiro atoms. The monoisotopic (exact) mass is 549 g/mol. The molecular weight excluding hydrogens is 498 g/mol. The molecule has 0 aromatic rings. The van der Waals surface area contributed by atoms with Crippen molar-refractivity contribution in [1.82, 2.24) is 15.1 Å². The van der Waals surface area contributed by atoms with Crippen molar-refractivity contribution in [2.45, 2.75) is 120 Å². The van der Waals surface area contributed by atoms with Gasteiger partial charge < -0.3 is 15.1 Å². The van der Waals surface area contributed by atoms with Gasteiger partial charge in [-0.15, -0.1) is 0 Å². The van der Waals surface area contributed by atoms with E-state index in [-0.39, 0.29) is 23.1 Å². The number of hydrogen-bond acceptors (Lipinski definition) is 5. The first-order valence-electron chi connectivity index (χ1n) is 15.8. The van der Waals surface area contributed by atoms with E-state index < -0.39 is 9.84 Å². The number of amides is 2. The average Bonchev–Trinajstić information content (AvgIpc) is 3.73. The summed E-state index contributed by atoms with van der Waals surface area (Å²) < 4.78 is 25.2. The van der Waals surface area contributed by atoms with Crippen LogP contribution in [-0.2, 0) is 19.4 Å². The van der Waals surface area contributed by atoms with Crippen LogP contribution in [0.5, 0.6) is 0 Å². The maximum Gasteiger partial charge on any atom is 0.226 e. The standard InChI is InChI=1S/C30H51N3O4S/c1-32-17-18-33(28(20-32)24-5-3-2-4-6-24)30(35)25-11-13-26(14-12-25)31-29(34)19-22-9-15-27(16-10-22)38(36,37)21-23-7-8-23/h22-28H,2-21H2,1H3,(H,31,34). The molecule has 4 saturated carbocycles. The fraction of sp³-hybridized carbons (Fsp3) is 0.933. The van der Waals surface area contributed by atoms with Crippen LogP contribution in [0.2, 0.25) is 0 Å². The number of carbonyl (C=O) groups is 2. The Morgan fingerprint density at radius 2 is 1.45 bits per heavy atom. The minimum Gasteiger partial charge on any atom is -0.353 e. The fourth-order valence-electron chi connectivity index (χ4n) is 7.86. The molecule has 1 atom stereocenters. The van der Waals surface area contributed by atoms with Gasteiger partial charge in [-0.2, -0.15) is 0 Å². The van der Waals surface area contributed by atoms with Crippen molar-refractivity contribution in [2.75, 3.05) is 32.4 Å². The summed E-state index contributed by atoms with van der Waals surface area (Å²) in [5, 5.41) is 3.07. The molecule has 0 aromatic heterocycles. The van der Waals surface area contributed by atoms with Gasteiger partial charge in [0.2, 0.25) is 11.8 Å². The van der Waals surface area contributed by atoms with Crippen molar-refractivity contribution in [1.29, 1.82) is 0 Å². The van der Waals surface area contributed by atoms with E-state index in [9.17, 15) is 18.0 Å². The van der Waals surface area contributed by atoms with Crippen molar-refractivity contribution >= 4 is 21.7 Å². The summed E-state index contributed by atoms with van der Waals surface area (Å²) in [4.78, 5) is 31.1. The molecule has 1 N–H and O–H groups in total. The third-order valence-corrected chi connectivity index (χ3v) is 12.9. The highest BCUT2D eigenvalue weighted by atomic mass is 32.2. The van der Waals surface area contributed by atoms with Crippen LogP contribution in [0.4, 0.5) is 0 Å². The lowest BCUT2D eigenvalue weighted by Gasteiger charge is -2.46. The Hall–Kier alpha value is -1.15. The number of likely N-dealkylation sites (N-methyl/N-ethyl adjacent to an activating group) is 1. The van der Waals surface area contributed by atoms with Crippen LogP contribution in [0, 0.1) is 23.7 Å². The Morgan fingerprint density at radius 1 is 0.789 bits per heavy atom. The minimum atomic E-state index is -2.96. The van der Waals surface area contributed by atoms with Gasteiger partial charge in [0.1, 0.15) is 0 Å². The number of carbonyl (C=O) groups excluding carboxylic acids is 2. The minimum absolute atomic E-state index is 0.102. The normalized spacial score (nSPS) is 34.1. The molecule has 2 amide bonds. The van der Waals surface area contributed by atoms with Gasteiger partial charge in [0.05, 0.1) is 11.0 Å². The Morgan fingerprint density at radius 3 is 2.11 bits per heavy atom. The van der Waals surface area contributed by atoms with Crippen LogP contribution >= 0.6 is 0 Å². The quantitative estimate of drug-likeness (QED) is 0.491. The highest BCUT2D eigenvalue weighted by molar-refractivity contribution is 7.92. The predicted octanol–water partition coefficient (Wildman–Crippen LogP) is 4.16. The van der Waals surface area contributed by atoms with E-state index in [1.54, 1.807) is 0 Å². The second kappa shape index (κ2) is 12.6. The maximum absolute atomic E-state index is 13.6. The molecule has 8 heteroatoms. The molecule has 38 heavy (non-hydrogen) atoms. The molecular formula is C30H51N3O4S. The summed E-state index contributed by atoms with van der Waals surface area (Å²) in [5.74, 6) is 2.32. The van der Waals surface area contributed by atoms with Crippen LogP contribution in [0.15, 0.2) is 0 Å². The van der Waals surface area contributed by atoms with Gasteiger partial charge in [0, 0.05) is 44.1 Å². The van der Waals surface area contributed by atoms with Crippen LogP contribution < -0.4 is 5.32 Å². The van der Waals surface area contributed by atoms with E-state index in [2.05, 4.69) is 22.2 Å². The second-order valence-corrected chi connectivity index (χ2v) is 15.8. The molecule has 1 heterocycles. The van der Waals surface area contributed by atoms with E-state index in [4.69, 9.17) is 0 Å². The first-order valence-corrected chi connectivity index (χ1v) is 17.5. The molecule has 0 radical (unpaired) electrons. The van der Waals surface area contributed by atoms with Crippen molar-refractivity contribution in [3.05, 3.63) is 0 Å². The van der Waals surface area contributed by atoms with Gasteiger partial charge >= 0.3 is 0 Å². The maximum atomic E-state index is 13.6. The number of nitrogens with zero attached hydrogens (tertiary/aromatic N) is 2. The van der Waals surface area contributed by atoms with Crippen LogP contribution in [0.3, 0.4) is 0 Å². The number of sulfone groups is 1. The van der Waals surface area contributed by atoms with E-state index in [1.807, 2.05) is 0 Å². The van der Waals surface area contributed by atoms with Crippen LogP contribution in [0.1, 0.15) is 103 Å². The number of rotatable bonds is 8. The first kappa shape index (κ1) is 28.4. The van der Waals surface area contributed by atoms with E-state index in [0.717, 1.165) is 71.0 Å². The predicted molar refractivity (Wildman–Crippen MR) is 150 cm³/mol. The Balaban J connectivity index is 1.03. The van der Waals surface area contributed by atoms with Gasteiger partial charge in [-0.05, 0) is 102 Å². The van der Waals surface area contributed by atoms with Gasteiger partial charge in [-0.3, -0.25) is 9.59 Å². The number of hydrogen-bond donors (Lipinski definition) is 1. The third kappa shape index (κ3) is 7.32. The molecule has 1 aliphatic heterocycles. The molecule has 5 rings (SSSR count). The molecule has 5 fully saturated rings. The third-order valence-electron chi connectivity index (χ3n) is 10.5. The molecule has 216 valence electrons. The summed E-state index contributed by atoms with van der Waals surface area (Å²) in [6.45, 7) is 2.84. The van der Waals surface area contributed by atoms with E-state index in [1.165, 1.54) is 32.1 Å². The van der Waals surface area contributed by atoms with Gasteiger partial charge in [-0.1, -0.05) is 19.3 Å². The Kier molecular flexibility index (Phi) is 9.39. The van der Waals surface area contributed by atoms with Crippen molar-refractivity contribution < 1.29 is 18.0 Å². The van der Waals surface area contributed by atoms with E-state index in [0.29, 0.717) is 54.7 Å². The number of nitrogens with one attached hydrogen (secondary N) is 1. The van der Waals surface area contributed by atoms with Crippen molar-refractivity contribution in [3.63, 3.8) is 0 Å². The lowest BCUT2D eigenvalue weighted by atomic mass is 9.80. The molecule has 0 aromatic carbocycles. The summed E-state index contributed by atoms with van der Waals surface area (Å²) >= 11 is 0. The SMILES string of the molecule is CN1CCN(C(=O)C2CCC(NC(=O)CC3CCC(S(=O)(=O)CC4CC4)CC3)CC2)C(C2CCCCC2)C1. The van der Waals surface area contributed by atoms with Gasteiger partial charge in [0.25, 0.3) is 0 Å². The molecule has 1 unspecified atom stereocenters. The summed E-state index contributed by atoms with van der Waals surface area (Å²) in [5.41, 5.74) is 0. The van der Waals surface area contributed by atoms with Gasteiger partial charge in [-0.25, -0.2) is 8.42 Å². The highest BCUT2D eigenvalue weighted by Gasteiger charge is 2.39. The fourth-order valence-corrected chi connectivity index (χ4v) is 10.1. The largest absolute Gasteiger partial charge is 0.353 e. The number of piperazine rings is 1. The zero-order valence-corrected chi connectivity index (χ0v) is 24.4.